The van der Waals surface area contributed by atoms with Gasteiger partial charge in [-0.05, 0) is 79.4 Å². The van der Waals surface area contributed by atoms with E-state index in [2.05, 4.69) is 27.7 Å². The van der Waals surface area contributed by atoms with Crippen LogP contribution in [0.25, 0.3) is 0 Å². The van der Waals surface area contributed by atoms with Crippen molar-refractivity contribution in [1.29, 1.82) is 0 Å². The minimum atomic E-state index is -0.295. The molecule has 0 saturated heterocycles. The normalized spacial score (nSPS) is 55.6. The molecule has 4 aliphatic carbocycles. The van der Waals surface area contributed by atoms with E-state index in [1.165, 1.54) is 0 Å². The van der Waals surface area contributed by atoms with Gasteiger partial charge in [0.1, 0.15) is 5.78 Å². The number of rotatable bonds is 1. The van der Waals surface area contributed by atoms with Crippen LogP contribution < -0.4 is 0 Å². The molecule has 4 rings (SSSR count). The van der Waals surface area contributed by atoms with Crippen molar-refractivity contribution in [2.75, 3.05) is 0 Å². The lowest BCUT2D eigenvalue weighted by molar-refractivity contribution is -0.181. The summed E-state index contributed by atoms with van der Waals surface area (Å²) < 4.78 is 0. The lowest BCUT2D eigenvalue weighted by Gasteiger charge is -2.61. The van der Waals surface area contributed by atoms with Crippen LogP contribution in [0.15, 0.2) is 0 Å². The van der Waals surface area contributed by atoms with Crippen LogP contribution >= 0.6 is 0 Å². The van der Waals surface area contributed by atoms with Gasteiger partial charge >= 0.3 is 0 Å². The molecule has 0 bridgehead atoms. The summed E-state index contributed by atoms with van der Waals surface area (Å²) in [5.74, 6) is 2.78. The van der Waals surface area contributed by atoms with Gasteiger partial charge in [0.25, 0.3) is 0 Å². The summed E-state index contributed by atoms with van der Waals surface area (Å²) >= 11 is 0. The second-order valence-electron chi connectivity index (χ2n) is 10.6. The van der Waals surface area contributed by atoms with Crippen LogP contribution in [0.2, 0.25) is 0 Å². The number of aliphatic hydroxyl groups is 2. The van der Waals surface area contributed by atoms with E-state index in [9.17, 15) is 15.0 Å². The van der Waals surface area contributed by atoms with Crippen molar-refractivity contribution in [3.8, 4) is 0 Å². The Morgan fingerprint density at radius 1 is 1.04 bits per heavy atom. The lowest BCUT2D eigenvalue weighted by atomic mass is 9.43. The summed E-state index contributed by atoms with van der Waals surface area (Å²) in [6, 6.07) is 0. The lowest BCUT2D eigenvalue weighted by Crippen LogP contribution is -2.61. The molecule has 0 amide bonds. The van der Waals surface area contributed by atoms with Gasteiger partial charge in [-0.3, -0.25) is 4.79 Å². The van der Waals surface area contributed by atoms with Gasteiger partial charge in [-0.25, -0.2) is 0 Å². The summed E-state index contributed by atoms with van der Waals surface area (Å²) in [7, 11) is 0. The third kappa shape index (κ3) is 2.34. The Kier molecular flexibility index (Phi) is 4.16. The highest BCUT2D eigenvalue weighted by atomic mass is 16.3. The Hall–Kier alpha value is -0.410. The first kappa shape index (κ1) is 18.0. The van der Waals surface area contributed by atoms with E-state index in [4.69, 9.17) is 0 Å². The fourth-order valence-electron chi connectivity index (χ4n) is 8.01. The van der Waals surface area contributed by atoms with Crippen LogP contribution in [-0.4, -0.2) is 28.2 Å². The summed E-state index contributed by atoms with van der Waals surface area (Å²) in [5, 5.41) is 21.3. The highest BCUT2D eigenvalue weighted by molar-refractivity contribution is 5.87. The SMILES string of the molecule is CC(C)[C@H]1CC[C@H]2C3C(O)CC4CC(O)CC[C@]4(C)[C@H]3CC(=O)[C@]12C. The number of hydrogen-bond acceptors (Lipinski definition) is 3. The Balaban J connectivity index is 1.71. The number of Topliss-reactive ketones (excluding diaryl/α,β-unsaturated/α-hetero) is 1. The second kappa shape index (κ2) is 5.79. The molecule has 4 unspecified atom stereocenters. The Labute approximate surface area is 152 Å². The van der Waals surface area contributed by atoms with Gasteiger partial charge in [-0.15, -0.1) is 0 Å². The minimum Gasteiger partial charge on any atom is -0.393 e. The zero-order valence-electron chi connectivity index (χ0n) is 16.4. The summed E-state index contributed by atoms with van der Waals surface area (Å²) in [4.78, 5) is 13.4. The van der Waals surface area contributed by atoms with Crippen molar-refractivity contribution in [2.24, 2.45) is 46.3 Å². The molecule has 0 radical (unpaired) electrons. The molecule has 0 aromatic carbocycles. The molecule has 0 aromatic rings. The zero-order chi connectivity index (χ0) is 18.1. The number of carbonyl (C=O) groups excluding carboxylic acids is 1. The maximum absolute atomic E-state index is 13.4. The molecule has 9 atom stereocenters. The van der Waals surface area contributed by atoms with Crippen LogP contribution in [-0.2, 0) is 4.79 Å². The van der Waals surface area contributed by atoms with E-state index in [0.717, 1.165) is 38.5 Å². The molecule has 4 saturated carbocycles. The van der Waals surface area contributed by atoms with Gasteiger partial charge in [0.05, 0.1) is 12.2 Å². The molecule has 4 fully saturated rings. The first-order chi connectivity index (χ1) is 11.7. The molecule has 3 heteroatoms. The summed E-state index contributed by atoms with van der Waals surface area (Å²) in [6.07, 6.45) is 5.88. The van der Waals surface area contributed by atoms with Crippen molar-refractivity contribution in [1.82, 2.24) is 0 Å². The molecule has 2 N–H and O–H groups in total. The third-order valence-electron chi connectivity index (χ3n) is 9.39. The van der Waals surface area contributed by atoms with E-state index < -0.39 is 0 Å². The first-order valence-corrected chi connectivity index (χ1v) is 10.6. The van der Waals surface area contributed by atoms with Gasteiger partial charge in [0, 0.05) is 11.8 Å². The maximum Gasteiger partial charge on any atom is 0.139 e. The van der Waals surface area contributed by atoms with Gasteiger partial charge < -0.3 is 10.2 Å². The van der Waals surface area contributed by atoms with E-state index in [1.54, 1.807) is 0 Å². The highest BCUT2D eigenvalue weighted by Gasteiger charge is 2.65. The summed E-state index contributed by atoms with van der Waals surface area (Å²) in [6.45, 7) is 9.10. The van der Waals surface area contributed by atoms with Gasteiger partial charge in [-0.2, -0.15) is 0 Å². The van der Waals surface area contributed by atoms with Gasteiger partial charge in [0.15, 0.2) is 0 Å². The molecule has 0 aromatic heterocycles. The second-order valence-corrected chi connectivity index (χ2v) is 10.6. The first-order valence-electron chi connectivity index (χ1n) is 10.6. The van der Waals surface area contributed by atoms with E-state index >= 15 is 0 Å². The predicted molar refractivity (Wildman–Crippen MR) is 97.8 cm³/mol. The van der Waals surface area contributed by atoms with Crippen LogP contribution in [0, 0.1) is 46.3 Å². The molecule has 3 nitrogen and oxygen atoms in total. The predicted octanol–water partition coefficient (Wildman–Crippen LogP) is 3.81. The number of ketones is 1. The standard InChI is InChI=1S/C22H36O3/c1-12(2)15-5-6-16-20-17(11-19(25)22(15,16)4)21(3)8-7-14(23)9-13(21)10-18(20)24/h12-18,20,23-24H,5-11H2,1-4H3/t13?,14?,15-,16+,17+,18?,20?,21+,22-/m1/s1. The van der Waals surface area contributed by atoms with E-state index in [1.807, 2.05) is 0 Å². The van der Waals surface area contributed by atoms with Gasteiger partial charge in [-0.1, -0.05) is 27.7 Å². The highest BCUT2D eigenvalue weighted by Crippen LogP contribution is 2.67. The monoisotopic (exact) mass is 348 g/mol. The summed E-state index contributed by atoms with van der Waals surface area (Å²) in [5.41, 5.74) is -0.107. The van der Waals surface area contributed by atoms with Crippen molar-refractivity contribution < 1.29 is 15.0 Å². The Morgan fingerprint density at radius 2 is 1.76 bits per heavy atom. The molecule has 142 valence electrons. The molecule has 0 spiro atoms. The van der Waals surface area contributed by atoms with Crippen LogP contribution in [0.4, 0.5) is 0 Å². The number of aliphatic hydroxyl groups excluding tert-OH is 2. The zero-order valence-corrected chi connectivity index (χ0v) is 16.4. The Bertz CT molecular complexity index is 557. The van der Waals surface area contributed by atoms with E-state index in [-0.39, 0.29) is 29.0 Å². The van der Waals surface area contributed by atoms with Crippen molar-refractivity contribution in [2.45, 2.75) is 84.8 Å². The molecule has 4 aliphatic rings. The van der Waals surface area contributed by atoms with Crippen molar-refractivity contribution in [3.63, 3.8) is 0 Å². The fourth-order valence-corrected chi connectivity index (χ4v) is 8.01. The molecule has 0 aliphatic heterocycles. The topological polar surface area (TPSA) is 57.5 Å². The largest absolute Gasteiger partial charge is 0.393 e. The molecule has 25 heavy (non-hydrogen) atoms. The third-order valence-corrected chi connectivity index (χ3v) is 9.39. The van der Waals surface area contributed by atoms with Crippen LogP contribution in [0.1, 0.15) is 72.6 Å². The molecule has 0 heterocycles. The van der Waals surface area contributed by atoms with Crippen molar-refractivity contribution in [3.05, 3.63) is 0 Å². The number of carbonyl (C=O) groups is 1. The Morgan fingerprint density at radius 3 is 2.44 bits per heavy atom. The van der Waals surface area contributed by atoms with Crippen LogP contribution in [0.5, 0.6) is 0 Å². The van der Waals surface area contributed by atoms with E-state index in [0.29, 0.717) is 41.8 Å². The van der Waals surface area contributed by atoms with Crippen molar-refractivity contribution >= 4 is 5.78 Å². The fraction of sp³-hybridized carbons (Fsp3) is 0.955. The average molecular weight is 349 g/mol. The average Bonchev–Trinajstić information content (AvgIpc) is 2.89. The van der Waals surface area contributed by atoms with Gasteiger partial charge in [0.2, 0.25) is 0 Å². The minimum absolute atomic E-state index is 0.121. The smallest absolute Gasteiger partial charge is 0.139 e. The quantitative estimate of drug-likeness (QED) is 0.757. The number of fused-ring (bicyclic) bond motifs is 5. The van der Waals surface area contributed by atoms with Crippen LogP contribution in [0.3, 0.4) is 0 Å². The number of hydrogen-bond donors (Lipinski definition) is 2. The molecular formula is C22H36O3. The molecular weight excluding hydrogens is 312 g/mol. The maximum atomic E-state index is 13.4.